The molecule has 16 heavy (non-hydrogen) atoms. The molecule has 0 unspecified atom stereocenters. The average molecular weight is 257 g/mol. The number of carbonyl (C=O) groups is 1. The minimum absolute atomic E-state index is 0.0129. The van der Waals surface area contributed by atoms with Gasteiger partial charge in [0.1, 0.15) is 5.75 Å². The summed E-state index contributed by atoms with van der Waals surface area (Å²) < 4.78 is 4.94. The van der Waals surface area contributed by atoms with Crippen molar-refractivity contribution >= 4 is 29.0 Å². The zero-order valence-electron chi connectivity index (χ0n) is 7.91. The molecule has 5 heteroatoms. The van der Waals surface area contributed by atoms with Crippen LogP contribution in [0.5, 0.6) is 5.75 Å². The number of phenolic OH excluding ortho intramolecular Hbond substituents is 1. The number of hydrogen-bond acceptors (Lipinski definition) is 3. The molecule has 1 heterocycles. The van der Waals surface area contributed by atoms with Crippen LogP contribution in [0.3, 0.4) is 0 Å². The fourth-order valence-corrected chi connectivity index (χ4v) is 1.88. The first-order valence-corrected chi connectivity index (χ1v) is 5.11. The largest absolute Gasteiger partial charge is 0.507 e. The van der Waals surface area contributed by atoms with Crippen molar-refractivity contribution in [3.05, 3.63) is 51.9 Å². The van der Waals surface area contributed by atoms with E-state index >= 15 is 0 Å². The number of carbonyl (C=O) groups excluding carboxylic acids is 1. The minimum atomic E-state index is -0.482. The Morgan fingerprint density at radius 2 is 2.06 bits per heavy atom. The number of rotatable bonds is 2. The van der Waals surface area contributed by atoms with Gasteiger partial charge in [0.05, 0.1) is 16.8 Å². The van der Waals surface area contributed by atoms with Crippen LogP contribution in [0, 0.1) is 0 Å². The van der Waals surface area contributed by atoms with Gasteiger partial charge >= 0.3 is 0 Å². The third kappa shape index (κ3) is 1.92. The summed E-state index contributed by atoms with van der Waals surface area (Å²) in [5, 5.41) is 9.96. The Bertz CT molecular complexity index is 509. The first-order chi connectivity index (χ1) is 7.59. The smallest absolute Gasteiger partial charge is 0.233 e. The van der Waals surface area contributed by atoms with Crippen LogP contribution in [-0.4, -0.2) is 10.9 Å². The van der Waals surface area contributed by atoms with E-state index in [1.165, 1.54) is 24.5 Å². The van der Waals surface area contributed by atoms with Crippen LogP contribution in [-0.2, 0) is 0 Å². The van der Waals surface area contributed by atoms with Gasteiger partial charge in [-0.05, 0) is 24.3 Å². The van der Waals surface area contributed by atoms with Crippen LogP contribution < -0.4 is 0 Å². The fraction of sp³-hybridized carbons (Fsp3) is 0. The van der Waals surface area contributed by atoms with Crippen molar-refractivity contribution in [1.29, 1.82) is 0 Å². The molecule has 2 rings (SSSR count). The zero-order valence-corrected chi connectivity index (χ0v) is 9.42. The molecular weight excluding hydrogens is 251 g/mol. The van der Waals surface area contributed by atoms with Crippen molar-refractivity contribution in [3.63, 3.8) is 0 Å². The van der Waals surface area contributed by atoms with E-state index in [2.05, 4.69) is 0 Å². The predicted octanol–water partition coefficient (Wildman–Crippen LogP) is 3.52. The maximum atomic E-state index is 11.9. The number of hydrogen-bond donors (Lipinski definition) is 1. The molecule has 3 nitrogen and oxygen atoms in total. The quantitative estimate of drug-likeness (QED) is 0.837. The summed E-state index contributed by atoms with van der Waals surface area (Å²) in [6, 6.07) is 5.71. The second kappa shape index (κ2) is 4.20. The van der Waals surface area contributed by atoms with E-state index < -0.39 is 5.78 Å². The molecule has 0 aliphatic heterocycles. The number of ketones is 1. The molecule has 0 aliphatic rings. The van der Waals surface area contributed by atoms with Gasteiger partial charge in [0.25, 0.3) is 0 Å². The van der Waals surface area contributed by atoms with Gasteiger partial charge in [-0.3, -0.25) is 4.79 Å². The van der Waals surface area contributed by atoms with Crippen molar-refractivity contribution in [2.75, 3.05) is 0 Å². The van der Waals surface area contributed by atoms with Crippen LogP contribution in [0.1, 0.15) is 16.1 Å². The molecule has 0 aliphatic carbocycles. The third-order valence-electron chi connectivity index (χ3n) is 2.01. The maximum Gasteiger partial charge on any atom is 0.233 e. The highest BCUT2D eigenvalue weighted by atomic mass is 35.5. The number of benzene rings is 1. The molecule has 0 fully saturated rings. The lowest BCUT2D eigenvalue weighted by Gasteiger charge is -2.04. The second-order valence-electron chi connectivity index (χ2n) is 3.09. The number of furan rings is 1. The molecule has 1 N–H and O–H groups in total. The second-order valence-corrected chi connectivity index (χ2v) is 3.93. The monoisotopic (exact) mass is 256 g/mol. The average Bonchev–Trinajstić information content (AvgIpc) is 2.67. The molecule has 1 aromatic heterocycles. The lowest BCUT2D eigenvalue weighted by Crippen LogP contribution is -2.01. The van der Waals surface area contributed by atoms with E-state index in [1.807, 2.05) is 0 Å². The van der Waals surface area contributed by atoms with E-state index in [4.69, 9.17) is 27.6 Å². The van der Waals surface area contributed by atoms with E-state index in [0.717, 1.165) is 0 Å². The Balaban J connectivity index is 2.53. The number of aromatic hydroxyl groups is 1. The van der Waals surface area contributed by atoms with Gasteiger partial charge in [0, 0.05) is 5.02 Å². The first-order valence-electron chi connectivity index (χ1n) is 4.36. The molecule has 0 bridgehead atoms. The summed E-state index contributed by atoms with van der Waals surface area (Å²) in [6.45, 7) is 0. The fourth-order valence-electron chi connectivity index (χ4n) is 1.32. The van der Waals surface area contributed by atoms with Gasteiger partial charge < -0.3 is 9.52 Å². The standard InChI is InChI=1S/C11H6Cl2O3/c12-6-4-7(13)10(8(14)5-6)11(15)9-2-1-3-16-9/h1-5,14H. The normalized spacial score (nSPS) is 10.4. The molecule has 0 amide bonds. The Kier molecular flexibility index (Phi) is 2.90. The van der Waals surface area contributed by atoms with Crippen LogP contribution in [0.2, 0.25) is 10.0 Å². The minimum Gasteiger partial charge on any atom is -0.507 e. The van der Waals surface area contributed by atoms with Gasteiger partial charge in [0.2, 0.25) is 5.78 Å². The lowest BCUT2D eigenvalue weighted by molar-refractivity contribution is 0.101. The van der Waals surface area contributed by atoms with Crippen molar-refractivity contribution in [1.82, 2.24) is 0 Å². The highest BCUT2D eigenvalue weighted by Crippen LogP contribution is 2.31. The van der Waals surface area contributed by atoms with Gasteiger partial charge in [0.15, 0.2) is 5.76 Å². The molecule has 82 valence electrons. The summed E-state index contributed by atoms with van der Waals surface area (Å²) in [4.78, 5) is 11.9. The van der Waals surface area contributed by atoms with Gasteiger partial charge in [-0.1, -0.05) is 23.2 Å². The Labute approximate surface area is 101 Å². The number of halogens is 2. The third-order valence-corrected chi connectivity index (χ3v) is 2.52. The molecule has 0 spiro atoms. The zero-order chi connectivity index (χ0) is 11.7. The topological polar surface area (TPSA) is 50.4 Å². The summed E-state index contributed by atoms with van der Waals surface area (Å²) >= 11 is 11.5. The van der Waals surface area contributed by atoms with Crippen molar-refractivity contribution < 1.29 is 14.3 Å². The lowest BCUT2D eigenvalue weighted by atomic mass is 10.1. The van der Waals surface area contributed by atoms with Gasteiger partial charge in [-0.25, -0.2) is 0 Å². The van der Waals surface area contributed by atoms with Crippen molar-refractivity contribution in [2.45, 2.75) is 0 Å². The van der Waals surface area contributed by atoms with Crippen LogP contribution in [0.4, 0.5) is 0 Å². The summed E-state index contributed by atoms with van der Waals surface area (Å²) in [5.41, 5.74) is -0.0129. The van der Waals surface area contributed by atoms with Crippen LogP contribution in [0.15, 0.2) is 34.9 Å². The van der Waals surface area contributed by atoms with Crippen molar-refractivity contribution in [2.24, 2.45) is 0 Å². The van der Waals surface area contributed by atoms with E-state index in [0.29, 0.717) is 0 Å². The van der Waals surface area contributed by atoms with Gasteiger partial charge in [-0.2, -0.15) is 0 Å². The maximum absolute atomic E-state index is 11.9. The molecule has 0 radical (unpaired) electrons. The summed E-state index contributed by atoms with van der Waals surface area (Å²) in [5.74, 6) is -0.636. The Morgan fingerprint density at radius 1 is 1.31 bits per heavy atom. The summed E-state index contributed by atoms with van der Waals surface area (Å²) in [6.07, 6.45) is 1.37. The van der Waals surface area contributed by atoms with E-state index in [1.54, 1.807) is 6.07 Å². The SMILES string of the molecule is O=C(c1ccco1)c1c(O)cc(Cl)cc1Cl. The molecule has 0 saturated carbocycles. The van der Waals surface area contributed by atoms with Crippen molar-refractivity contribution in [3.8, 4) is 5.75 Å². The molecule has 1 aromatic carbocycles. The van der Waals surface area contributed by atoms with E-state index in [9.17, 15) is 9.90 Å². The van der Waals surface area contributed by atoms with E-state index in [-0.39, 0.29) is 27.1 Å². The predicted molar refractivity (Wildman–Crippen MR) is 60.3 cm³/mol. The molecule has 0 atom stereocenters. The Hall–Kier alpha value is -1.45. The first kappa shape index (κ1) is 11.0. The molecule has 0 saturated heterocycles. The van der Waals surface area contributed by atoms with Gasteiger partial charge in [-0.15, -0.1) is 0 Å². The Morgan fingerprint density at radius 3 is 2.62 bits per heavy atom. The highest BCUT2D eigenvalue weighted by Gasteiger charge is 2.20. The number of phenols is 1. The highest BCUT2D eigenvalue weighted by molar-refractivity contribution is 6.38. The van der Waals surface area contributed by atoms with Crippen LogP contribution in [0.25, 0.3) is 0 Å². The molecule has 2 aromatic rings. The summed E-state index contributed by atoms with van der Waals surface area (Å²) in [7, 11) is 0. The molecular formula is C11H6Cl2O3. The van der Waals surface area contributed by atoms with Crippen LogP contribution >= 0.6 is 23.2 Å².